The molecule has 1 saturated heterocycles. The highest BCUT2D eigenvalue weighted by molar-refractivity contribution is 6.06. The lowest BCUT2D eigenvalue weighted by Crippen LogP contribution is -2.43. The van der Waals surface area contributed by atoms with Crippen LogP contribution in [-0.2, 0) is 19.1 Å². The first kappa shape index (κ1) is 25.0. The van der Waals surface area contributed by atoms with Crippen molar-refractivity contribution in [1.82, 2.24) is 25.5 Å². The van der Waals surface area contributed by atoms with Gasteiger partial charge in [0.2, 0.25) is 11.9 Å². The number of rotatable bonds is 10. The van der Waals surface area contributed by atoms with Gasteiger partial charge in [0.05, 0.1) is 17.0 Å². The highest BCUT2D eigenvalue weighted by atomic mass is 16.6. The van der Waals surface area contributed by atoms with Crippen LogP contribution in [0.25, 0.3) is 11.0 Å². The molecule has 1 fully saturated rings. The van der Waals surface area contributed by atoms with Crippen molar-refractivity contribution in [3.63, 3.8) is 0 Å². The minimum atomic E-state index is -0.682. The second-order valence-corrected chi connectivity index (χ2v) is 9.34. The van der Waals surface area contributed by atoms with E-state index in [0.29, 0.717) is 25.3 Å². The number of carbonyl (C=O) groups excluding carboxylic acids is 4. The van der Waals surface area contributed by atoms with Crippen LogP contribution in [0.3, 0.4) is 0 Å². The molecule has 0 unspecified atom stereocenters. The van der Waals surface area contributed by atoms with Gasteiger partial charge >= 0.3 is 12.0 Å². The second kappa shape index (κ2) is 10.5. The highest BCUT2D eigenvalue weighted by Crippen LogP contribution is 2.15. The third-order valence-corrected chi connectivity index (χ3v) is 5.17. The summed E-state index contributed by atoms with van der Waals surface area (Å²) in [7, 11) is 0. The number of para-hydroxylation sites is 2. The van der Waals surface area contributed by atoms with E-state index in [-0.39, 0.29) is 6.54 Å². The van der Waals surface area contributed by atoms with Crippen molar-refractivity contribution in [2.24, 2.45) is 5.92 Å². The molecule has 11 nitrogen and oxygen atoms in total. The lowest BCUT2D eigenvalue weighted by molar-refractivity contribution is -0.159. The summed E-state index contributed by atoms with van der Waals surface area (Å²) in [5.74, 6) is -1.31. The number of aromatic amines is 1. The maximum atomic E-state index is 12.6. The van der Waals surface area contributed by atoms with E-state index in [2.05, 4.69) is 25.9 Å². The van der Waals surface area contributed by atoms with Crippen LogP contribution in [0, 0.1) is 5.92 Å². The van der Waals surface area contributed by atoms with E-state index < -0.39 is 47.9 Å². The quantitative estimate of drug-likeness (QED) is 0.234. The SMILES string of the molecule is C[C@@H](CNC(=O)CN1C(=O)N[C@@H](CCCNc2nc3ccccc3[nH]2)C1=O)C(=O)OC(C)(C)C. The van der Waals surface area contributed by atoms with Gasteiger partial charge in [-0.1, -0.05) is 19.1 Å². The van der Waals surface area contributed by atoms with Crippen LogP contribution in [0.4, 0.5) is 10.7 Å². The predicted octanol–water partition coefficient (Wildman–Crippen LogP) is 1.77. The number of urea groups is 1. The molecular weight excluding hydrogens is 440 g/mol. The predicted molar refractivity (Wildman–Crippen MR) is 126 cm³/mol. The van der Waals surface area contributed by atoms with Gasteiger partial charge in [-0.05, 0) is 45.7 Å². The maximum absolute atomic E-state index is 12.6. The number of benzene rings is 1. The van der Waals surface area contributed by atoms with Gasteiger partial charge in [0, 0.05) is 13.1 Å². The fourth-order valence-corrected chi connectivity index (χ4v) is 3.42. The van der Waals surface area contributed by atoms with Crippen LogP contribution in [0.15, 0.2) is 24.3 Å². The van der Waals surface area contributed by atoms with Gasteiger partial charge in [-0.2, -0.15) is 0 Å². The number of anilines is 1. The average molecular weight is 473 g/mol. The molecule has 0 radical (unpaired) electrons. The number of nitrogens with zero attached hydrogens (tertiary/aromatic N) is 2. The minimum absolute atomic E-state index is 0.0499. The Bertz CT molecular complexity index is 1030. The molecule has 11 heteroatoms. The Kier molecular flexibility index (Phi) is 7.75. The normalized spacial score (nSPS) is 16.9. The van der Waals surface area contributed by atoms with E-state index in [0.717, 1.165) is 15.9 Å². The van der Waals surface area contributed by atoms with Gasteiger partial charge in [0.25, 0.3) is 5.91 Å². The highest BCUT2D eigenvalue weighted by Gasteiger charge is 2.38. The summed E-state index contributed by atoms with van der Waals surface area (Å²) < 4.78 is 5.27. The Balaban J connectivity index is 1.39. The number of H-pyrrole nitrogens is 1. The number of esters is 1. The molecular formula is C23H32N6O5. The summed E-state index contributed by atoms with van der Waals surface area (Å²) >= 11 is 0. The van der Waals surface area contributed by atoms with Crippen LogP contribution in [0.5, 0.6) is 0 Å². The van der Waals surface area contributed by atoms with Crippen LogP contribution in [0.2, 0.25) is 0 Å². The number of fused-ring (bicyclic) bond motifs is 1. The summed E-state index contributed by atoms with van der Waals surface area (Å²) in [5, 5.41) is 8.37. The molecule has 0 bridgehead atoms. The van der Waals surface area contributed by atoms with E-state index in [4.69, 9.17) is 4.74 Å². The molecule has 0 spiro atoms. The summed E-state index contributed by atoms with van der Waals surface area (Å²) in [4.78, 5) is 57.5. The first-order valence-corrected chi connectivity index (χ1v) is 11.3. The molecule has 0 saturated carbocycles. The zero-order chi connectivity index (χ0) is 24.9. The first-order chi connectivity index (χ1) is 16.0. The molecule has 1 aromatic carbocycles. The Morgan fingerprint density at radius 3 is 2.68 bits per heavy atom. The van der Waals surface area contributed by atoms with Crippen molar-refractivity contribution in [3.05, 3.63) is 24.3 Å². The largest absolute Gasteiger partial charge is 0.460 e. The molecule has 1 aliphatic heterocycles. The van der Waals surface area contributed by atoms with Crippen LogP contribution < -0.4 is 16.0 Å². The smallest absolute Gasteiger partial charge is 0.325 e. The monoisotopic (exact) mass is 472 g/mol. The van der Waals surface area contributed by atoms with Crippen molar-refractivity contribution < 1.29 is 23.9 Å². The molecule has 2 aromatic rings. The van der Waals surface area contributed by atoms with E-state index in [1.165, 1.54) is 0 Å². The number of amides is 4. The van der Waals surface area contributed by atoms with E-state index in [1.54, 1.807) is 27.7 Å². The topological polar surface area (TPSA) is 146 Å². The molecule has 1 aliphatic rings. The number of imide groups is 1. The number of carbonyl (C=O) groups is 4. The fraction of sp³-hybridized carbons (Fsp3) is 0.522. The van der Waals surface area contributed by atoms with Gasteiger partial charge in [-0.15, -0.1) is 0 Å². The van der Waals surface area contributed by atoms with Gasteiger partial charge in [0.1, 0.15) is 18.2 Å². The third-order valence-electron chi connectivity index (χ3n) is 5.17. The first-order valence-electron chi connectivity index (χ1n) is 11.3. The van der Waals surface area contributed by atoms with E-state index in [9.17, 15) is 19.2 Å². The maximum Gasteiger partial charge on any atom is 0.325 e. The number of aromatic nitrogens is 2. The Labute approximate surface area is 198 Å². The fourth-order valence-electron chi connectivity index (χ4n) is 3.42. The molecule has 2 atom stereocenters. The Morgan fingerprint density at radius 2 is 1.97 bits per heavy atom. The van der Waals surface area contributed by atoms with Gasteiger partial charge < -0.3 is 25.7 Å². The number of imidazole rings is 1. The lowest BCUT2D eigenvalue weighted by Gasteiger charge is -2.22. The van der Waals surface area contributed by atoms with E-state index in [1.807, 2.05) is 24.3 Å². The molecule has 4 amide bonds. The molecule has 34 heavy (non-hydrogen) atoms. The molecule has 0 aliphatic carbocycles. The Hall–Kier alpha value is -3.63. The second-order valence-electron chi connectivity index (χ2n) is 9.34. The van der Waals surface area contributed by atoms with Crippen LogP contribution in [0.1, 0.15) is 40.5 Å². The van der Waals surface area contributed by atoms with Crippen molar-refractivity contribution in [2.75, 3.05) is 25.0 Å². The van der Waals surface area contributed by atoms with Crippen molar-refractivity contribution in [3.8, 4) is 0 Å². The summed E-state index contributed by atoms with van der Waals surface area (Å²) in [6, 6.07) is 6.39. The summed E-state index contributed by atoms with van der Waals surface area (Å²) in [6.07, 6.45) is 1.03. The summed E-state index contributed by atoms with van der Waals surface area (Å²) in [5.41, 5.74) is 1.17. The van der Waals surface area contributed by atoms with Crippen molar-refractivity contribution in [1.29, 1.82) is 0 Å². The summed E-state index contributed by atoms with van der Waals surface area (Å²) in [6.45, 7) is 7.13. The number of nitrogens with one attached hydrogen (secondary N) is 4. The average Bonchev–Trinajstić information content (AvgIpc) is 3.29. The van der Waals surface area contributed by atoms with Gasteiger partial charge in [-0.3, -0.25) is 19.3 Å². The number of ether oxygens (including phenoxy) is 1. The zero-order valence-corrected chi connectivity index (χ0v) is 19.9. The Morgan fingerprint density at radius 1 is 1.24 bits per heavy atom. The molecule has 3 rings (SSSR count). The standard InChI is InChI=1S/C23H32N6O5/c1-14(20(32)34-23(2,3)4)12-25-18(30)13-29-19(31)17(28-22(29)33)10-7-11-24-21-26-15-8-5-6-9-16(15)27-21/h5-6,8-9,14,17H,7,10-13H2,1-4H3,(H,25,30)(H,28,33)(H2,24,26,27)/t14-,17-/m0/s1. The minimum Gasteiger partial charge on any atom is -0.460 e. The lowest BCUT2D eigenvalue weighted by atomic mass is 10.1. The van der Waals surface area contributed by atoms with Crippen LogP contribution >= 0.6 is 0 Å². The number of hydrogen-bond donors (Lipinski definition) is 4. The third kappa shape index (κ3) is 6.69. The van der Waals surface area contributed by atoms with Crippen molar-refractivity contribution >= 4 is 40.8 Å². The molecule has 1 aromatic heterocycles. The number of hydrogen-bond acceptors (Lipinski definition) is 7. The van der Waals surface area contributed by atoms with E-state index >= 15 is 0 Å². The van der Waals surface area contributed by atoms with Crippen LogP contribution in [-0.4, -0.2) is 70.0 Å². The molecule has 4 N–H and O–H groups in total. The zero-order valence-electron chi connectivity index (χ0n) is 19.9. The molecule has 2 heterocycles. The molecule has 184 valence electrons. The van der Waals surface area contributed by atoms with Gasteiger partial charge in [-0.25, -0.2) is 9.78 Å². The van der Waals surface area contributed by atoms with Gasteiger partial charge in [0.15, 0.2) is 0 Å². The van der Waals surface area contributed by atoms with Crippen molar-refractivity contribution in [2.45, 2.75) is 52.2 Å².